The molecule has 2 atom stereocenters. The third kappa shape index (κ3) is 4.34. The summed E-state index contributed by atoms with van der Waals surface area (Å²) in [5.74, 6) is 2.47. The molecule has 0 aliphatic heterocycles. The van der Waals surface area contributed by atoms with E-state index >= 15 is 0 Å². The maximum absolute atomic E-state index is 4.39. The molecule has 0 spiro atoms. The van der Waals surface area contributed by atoms with Crippen molar-refractivity contribution >= 4 is 0 Å². The van der Waals surface area contributed by atoms with Crippen molar-refractivity contribution in [2.45, 2.75) is 53.0 Å². The Labute approximate surface area is 117 Å². The number of rotatable bonds is 7. The molecule has 108 valence electrons. The second kappa shape index (κ2) is 7.09. The van der Waals surface area contributed by atoms with Crippen LogP contribution in [0.25, 0.3) is 0 Å². The summed E-state index contributed by atoms with van der Waals surface area (Å²) >= 11 is 0. The number of nitrogens with one attached hydrogen (secondary N) is 1. The fourth-order valence-corrected chi connectivity index (χ4v) is 3.20. The van der Waals surface area contributed by atoms with Gasteiger partial charge in [0.1, 0.15) is 0 Å². The fraction of sp³-hybridized carbons (Fsp3) is 0.812. The van der Waals surface area contributed by atoms with Gasteiger partial charge in [0, 0.05) is 12.7 Å². The summed E-state index contributed by atoms with van der Waals surface area (Å²) in [6.45, 7) is 10.0. The van der Waals surface area contributed by atoms with Gasteiger partial charge >= 0.3 is 0 Å². The van der Waals surface area contributed by atoms with Gasteiger partial charge in [0.15, 0.2) is 0 Å². The summed E-state index contributed by atoms with van der Waals surface area (Å²) in [6.07, 6.45) is 9.69. The van der Waals surface area contributed by atoms with Gasteiger partial charge < -0.3 is 5.32 Å². The average Bonchev–Trinajstić information content (AvgIpc) is 2.99. The van der Waals surface area contributed by atoms with Crippen LogP contribution in [0.5, 0.6) is 0 Å². The highest BCUT2D eigenvalue weighted by Gasteiger charge is 2.27. The van der Waals surface area contributed by atoms with Gasteiger partial charge in [-0.05, 0) is 62.6 Å². The van der Waals surface area contributed by atoms with Crippen molar-refractivity contribution in [3.63, 3.8) is 0 Å². The van der Waals surface area contributed by atoms with Gasteiger partial charge in [-0.25, -0.2) is 0 Å². The van der Waals surface area contributed by atoms with E-state index in [-0.39, 0.29) is 0 Å². The lowest BCUT2D eigenvalue weighted by Crippen LogP contribution is -2.28. The lowest BCUT2D eigenvalue weighted by Gasteiger charge is -2.20. The van der Waals surface area contributed by atoms with E-state index in [0.29, 0.717) is 0 Å². The molecule has 0 radical (unpaired) electrons. The molecule has 2 rings (SSSR count). The van der Waals surface area contributed by atoms with Crippen molar-refractivity contribution in [3.8, 4) is 0 Å². The molecule has 1 aromatic rings. The third-order valence-corrected chi connectivity index (χ3v) is 4.28. The first-order chi connectivity index (χ1) is 9.19. The number of nitrogens with zero attached hydrogens (tertiary/aromatic N) is 2. The molecule has 0 amide bonds. The molecule has 19 heavy (non-hydrogen) atoms. The zero-order valence-corrected chi connectivity index (χ0v) is 12.7. The Hall–Kier alpha value is -0.830. The Bertz CT molecular complexity index is 370. The van der Waals surface area contributed by atoms with Crippen LogP contribution in [-0.4, -0.2) is 22.9 Å². The zero-order valence-electron chi connectivity index (χ0n) is 12.7. The monoisotopic (exact) mass is 263 g/mol. The fourth-order valence-electron chi connectivity index (χ4n) is 3.20. The summed E-state index contributed by atoms with van der Waals surface area (Å²) in [5.41, 5.74) is 1.42. The highest BCUT2D eigenvalue weighted by molar-refractivity contribution is 5.06. The Kier molecular flexibility index (Phi) is 5.44. The van der Waals surface area contributed by atoms with Gasteiger partial charge in [-0.2, -0.15) is 5.10 Å². The second-order valence-corrected chi connectivity index (χ2v) is 6.41. The number of hydrogen-bond donors (Lipinski definition) is 1. The van der Waals surface area contributed by atoms with Crippen LogP contribution >= 0.6 is 0 Å². The molecule has 1 aliphatic carbocycles. The first kappa shape index (κ1) is 14.6. The zero-order chi connectivity index (χ0) is 13.7. The largest absolute Gasteiger partial charge is 0.316 e. The van der Waals surface area contributed by atoms with Crippen LogP contribution in [-0.2, 0) is 13.0 Å². The van der Waals surface area contributed by atoms with Crippen molar-refractivity contribution in [2.24, 2.45) is 17.8 Å². The number of aryl methyl sites for hydroxylation is 1. The molecular formula is C16H29N3. The highest BCUT2D eigenvalue weighted by atomic mass is 15.3. The number of hydrogen-bond acceptors (Lipinski definition) is 2. The minimum atomic E-state index is 0.752. The minimum Gasteiger partial charge on any atom is -0.316 e. The lowest BCUT2D eigenvalue weighted by atomic mass is 9.90. The number of aromatic nitrogens is 2. The molecule has 1 saturated carbocycles. The summed E-state index contributed by atoms with van der Waals surface area (Å²) < 4.78 is 2.04. The molecule has 3 nitrogen and oxygen atoms in total. The maximum Gasteiger partial charge on any atom is 0.0521 e. The van der Waals surface area contributed by atoms with Crippen LogP contribution in [0.4, 0.5) is 0 Å². The Morgan fingerprint density at radius 2 is 2.16 bits per heavy atom. The van der Waals surface area contributed by atoms with Crippen molar-refractivity contribution < 1.29 is 0 Å². The third-order valence-electron chi connectivity index (χ3n) is 4.28. The van der Waals surface area contributed by atoms with Crippen LogP contribution in [0.3, 0.4) is 0 Å². The molecule has 1 fully saturated rings. The Morgan fingerprint density at radius 3 is 2.84 bits per heavy atom. The van der Waals surface area contributed by atoms with E-state index in [0.717, 1.165) is 30.8 Å². The summed E-state index contributed by atoms with van der Waals surface area (Å²) in [4.78, 5) is 0. The normalized spacial score (nSPS) is 23.4. The quantitative estimate of drug-likeness (QED) is 0.819. The summed E-state index contributed by atoms with van der Waals surface area (Å²) in [5, 5.41) is 8.03. The van der Waals surface area contributed by atoms with E-state index in [1.807, 2.05) is 4.68 Å². The topological polar surface area (TPSA) is 29.9 Å². The van der Waals surface area contributed by atoms with Gasteiger partial charge in [0.2, 0.25) is 0 Å². The molecule has 1 aliphatic rings. The maximum atomic E-state index is 4.39. The van der Waals surface area contributed by atoms with Gasteiger partial charge in [0.05, 0.1) is 6.20 Å². The van der Waals surface area contributed by atoms with Crippen LogP contribution in [0.15, 0.2) is 12.4 Å². The Balaban J connectivity index is 1.81. The first-order valence-corrected chi connectivity index (χ1v) is 7.91. The Morgan fingerprint density at radius 1 is 1.37 bits per heavy atom. The molecule has 3 heteroatoms. The molecule has 0 aromatic carbocycles. The van der Waals surface area contributed by atoms with Crippen molar-refractivity contribution in [2.75, 3.05) is 13.1 Å². The molecule has 0 saturated heterocycles. The standard InChI is InChI=1S/C16H29N3/c1-4-19-12-14(10-18-19)8-15-6-5-7-16(15)11-17-9-13(2)3/h10,12-13,15-17H,4-9,11H2,1-3H3. The highest BCUT2D eigenvalue weighted by Crippen LogP contribution is 2.33. The van der Waals surface area contributed by atoms with E-state index in [1.165, 1.54) is 37.8 Å². The van der Waals surface area contributed by atoms with Crippen molar-refractivity contribution in [1.82, 2.24) is 15.1 Å². The second-order valence-electron chi connectivity index (χ2n) is 6.41. The first-order valence-electron chi connectivity index (χ1n) is 7.91. The van der Waals surface area contributed by atoms with E-state index in [1.54, 1.807) is 0 Å². The van der Waals surface area contributed by atoms with Gasteiger partial charge in [-0.1, -0.05) is 20.3 Å². The van der Waals surface area contributed by atoms with E-state index < -0.39 is 0 Å². The minimum absolute atomic E-state index is 0.752. The average molecular weight is 263 g/mol. The van der Waals surface area contributed by atoms with Crippen molar-refractivity contribution in [1.29, 1.82) is 0 Å². The van der Waals surface area contributed by atoms with Gasteiger partial charge in [-0.15, -0.1) is 0 Å². The van der Waals surface area contributed by atoms with Crippen LogP contribution in [0.2, 0.25) is 0 Å². The van der Waals surface area contributed by atoms with Gasteiger partial charge in [-0.3, -0.25) is 4.68 Å². The van der Waals surface area contributed by atoms with E-state index in [2.05, 4.69) is 43.6 Å². The van der Waals surface area contributed by atoms with Crippen LogP contribution < -0.4 is 5.32 Å². The molecule has 2 unspecified atom stereocenters. The van der Waals surface area contributed by atoms with Crippen LogP contribution in [0, 0.1) is 17.8 Å². The van der Waals surface area contributed by atoms with Crippen LogP contribution in [0.1, 0.15) is 45.6 Å². The smallest absolute Gasteiger partial charge is 0.0521 e. The molecule has 1 heterocycles. The predicted molar refractivity (Wildman–Crippen MR) is 80.1 cm³/mol. The molecule has 1 aromatic heterocycles. The van der Waals surface area contributed by atoms with E-state index in [4.69, 9.17) is 0 Å². The molecular weight excluding hydrogens is 234 g/mol. The lowest BCUT2D eigenvalue weighted by molar-refractivity contribution is 0.357. The summed E-state index contributed by atoms with van der Waals surface area (Å²) in [7, 11) is 0. The predicted octanol–water partition coefficient (Wildman–Crippen LogP) is 3.11. The van der Waals surface area contributed by atoms with E-state index in [9.17, 15) is 0 Å². The van der Waals surface area contributed by atoms with Gasteiger partial charge in [0.25, 0.3) is 0 Å². The van der Waals surface area contributed by atoms with Crippen molar-refractivity contribution in [3.05, 3.63) is 18.0 Å². The SMILES string of the molecule is CCn1cc(CC2CCCC2CNCC(C)C)cn1. The summed E-state index contributed by atoms with van der Waals surface area (Å²) in [6, 6.07) is 0. The molecule has 1 N–H and O–H groups in total. The molecule has 0 bridgehead atoms.